The van der Waals surface area contributed by atoms with Gasteiger partial charge in [0.05, 0.1) is 6.42 Å². The van der Waals surface area contributed by atoms with Gasteiger partial charge in [-0.25, -0.2) is 0 Å². The minimum Gasteiger partial charge on any atom is -0.355 e. The zero-order valence-corrected chi connectivity index (χ0v) is 14.4. The van der Waals surface area contributed by atoms with E-state index in [1.54, 1.807) is 0 Å². The van der Waals surface area contributed by atoms with Gasteiger partial charge in [0.15, 0.2) is 0 Å². The van der Waals surface area contributed by atoms with E-state index < -0.39 is 0 Å². The van der Waals surface area contributed by atoms with Crippen LogP contribution in [0.1, 0.15) is 17.5 Å². The Kier molecular flexibility index (Phi) is 5.83. The molecule has 1 unspecified atom stereocenters. The molecule has 25 heavy (non-hydrogen) atoms. The van der Waals surface area contributed by atoms with Crippen molar-refractivity contribution in [2.75, 3.05) is 19.6 Å². The van der Waals surface area contributed by atoms with Gasteiger partial charge in [0.2, 0.25) is 11.8 Å². The Bertz CT molecular complexity index is 700. The van der Waals surface area contributed by atoms with Crippen LogP contribution in [0.4, 0.5) is 0 Å². The fourth-order valence-corrected chi connectivity index (χ4v) is 3.22. The van der Waals surface area contributed by atoms with E-state index >= 15 is 0 Å². The zero-order chi connectivity index (χ0) is 17.5. The van der Waals surface area contributed by atoms with Crippen LogP contribution in [0.15, 0.2) is 60.7 Å². The van der Waals surface area contributed by atoms with Crippen LogP contribution in [0.2, 0.25) is 0 Å². The summed E-state index contributed by atoms with van der Waals surface area (Å²) in [6.45, 7) is 2.05. The van der Waals surface area contributed by atoms with Crippen molar-refractivity contribution in [1.82, 2.24) is 10.2 Å². The molecule has 1 fully saturated rings. The van der Waals surface area contributed by atoms with Crippen LogP contribution >= 0.6 is 0 Å². The third kappa shape index (κ3) is 5.18. The maximum absolute atomic E-state index is 12.2. The van der Waals surface area contributed by atoms with E-state index in [0.29, 0.717) is 19.4 Å². The quantitative estimate of drug-likeness (QED) is 0.844. The average molecular weight is 336 g/mol. The monoisotopic (exact) mass is 336 g/mol. The summed E-state index contributed by atoms with van der Waals surface area (Å²) in [5.74, 6) is 0.419. The van der Waals surface area contributed by atoms with Crippen LogP contribution in [-0.4, -0.2) is 36.3 Å². The highest BCUT2D eigenvalue weighted by Gasteiger charge is 2.29. The molecule has 1 aliphatic rings. The van der Waals surface area contributed by atoms with Gasteiger partial charge < -0.3 is 10.2 Å². The van der Waals surface area contributed by atoms with E-state index in [4.69, 9.17) is 0 Å². The van der Waals surface area contributed by atoms with Crippen LogP contribution < -0.4 is 5.32 Å². The molecule has 2 amide bonds. The highest BCUT2D eigenvalue weighted by atomic mass is 16.2. The second-order valence-electron chi connectivity index (χ2n) is 6.61. The van der Waals surface area contributed by atoms with Gasteiger partial charge >= 0.3 is 0 Å². The summed E-state index contributed by atoms with van der Waals surface area (Å²) in [5.41, 5.74) is 2.25. The molecule has 0 saturated carbocycles. The third-order valence-corrected chi connectivity index (χ3v) is 4.60. The van der Waals surface area contributed by atoms with Crippen LogP contribution in [0.25, 0.3) is 0 Å². The van der Waals surface area contributed by atoms with E-state index in [2.05, 4.69) is 17.4 Å². The molecule has 2 aromatic carbocycles. The lowest BCUT2D eigenvalue weighted by molar-refractivity contribution is -0.127. The molecule has 1 N–H and O–H groups in total. The molecule has 3 rings (SSSR count). The number of nitrogens with zero attached hydrogens (tertiary/aromatic N) is 1. The molecule has 4 heteroatoms. The maximum atomic E-state index is 12.2. The van der Waals surface area contributed by atoms with Gasteiger partial charge in [-0.15, -0.1) is 0 Å². The summed E-state index contributed by atoms with van der Waals surface area (Å²) in [6.07, 6.45) is 1.79. The SMILES string of the molecule is O=C(Cc1ccccc1)NCC1CC(=O)N(CCc2ccccc2)C1. The Balaban J connectivity index is 1.41. The fraction of sp³-hybridized carbons (Fsp3) is 0.333. The topological polar surface area (TPSA) is 49.4 Å². The summed E-state index contributed by atoms with van der Waals surface area (Å²) in [4.78, 5) is 26.1. The van der Waals surface area contributed by atoms with Crippen molar-refractivity contribution < 1.29 is 9.59 Å². The third-order valence-electron chi connectivity index (χ3n) is 4.60. The lowest BCUT2D eigenvalue weighted by Gasteiger charge is -2.17. The Hall–Kier alpha value is -2.62. The number of carbonyl (C=O) groups excluding carboxylic acids is 2. The molecule has 1 atom stereocenters. The second kappa shape index (κ2) is 8.47. The van der Waals surface area contributed by atoms with Crippen molar-refractivity contribution >= 4 is 11.8 Å². The maximum Gasteiger partial charge on any atom is 0.224 e. The Morgan fingerprint density at radius 3 is 2.32 bits per heavy atom. The zero-order valence-electron chi connectivity index (χ0n) is 14.4. The molecule has 1 saturated heterocycles. The minimum absolute atomic E-state index is 0.0152. The molecular formula is C21H24N2O2. The van der Waals surface area contributed by atoms with E-state index in [0.717, 1.165) is 25.1 Å². The molecule has 1 heterocycles. The van der Waals surface area contributed by atoms with Crippen molar-refractivity contribution in [2.45, 2.75) is 19.3 Å². The standard InChI is InChI=1S/C21H24N2O2/c24-20(13-18-9-5-2-6-10-18)22-15-19-14-21(25)23(16-19)12-11-17-7-3-1-4-8-17/h1-10,19H,11-16H2,(H,22,24). The smallest absolute Gasteiger partial charge is 0.224 e. The molecule has 0 radical (unpaired) electrons. The first-order valence-corrected chi connectivity index (χ1v) is 8.83. The normalized spacial score (nSPS) is 16.9. The second-order valence-corrected chi connectivity index (χ2v) is 6.61. The number of rotatable bonds is 7. The number of hydrogen-bond acceptors (Lipinski definition) is 2. The summed E-state index contributed by atoms with van der Waals surface area (Å²) >= 11 is 0. The van der Waals surface area contributed by atoms with Gasteiger partial charge in [0.25, 0.3) is 0 Å². The number of carbonyl (C=O) groups is 2. The van der Waals surface area contributed by atoms with Gasteiger partial charge in [0.1, 0.15) is 0 Å². The van der Waals surface area contributed by atoms with Gasteiger partial charge in [0, 0.05) is 32.0 Å². The van der Waals surface area contributed by atoms with Crippen LogP contribution in [-0.2, 0) is 22.4 Å². The summed E-state index contributed by atoms with van der Waals surface area (Å²) in [6, 6.07) is 19.9. The van der Waals surface area contributed by atoms with E-state index in [1.165, 1.54) is 5.56 Å². The molecular weight excluding hydrogens is 312 g/mol. The molecule has 2 aromatic rings. The fourth-order valence-electron chi connectivity index (χ4n) is 3.22. The predicted molar refractivity (Wildman–Crippen MR) is 98.0 cm³/mol. The van der Waals surface area contributed by atoms with Gasteiger partial charge in [-0.3, -0.25) is 9.59 Å². The van der Waals surface area contributed by atoms with Gasteiger partial charge in [-0.2, -0.15) is 0 Å². The van der Waals surface area contributed by atoms with Gasteiger partial charge in [-0.05, 0) is 17.5 Å². The van der Waals surface area contributed by atoms with Crippen molar-refractivity contribution in [2.24, 2.45) is 5.92 Å². The molecule has 0 bridgehead atoms. The average Bonchev–Trinajstić information content (AvgIpc) is 3.00. The number of amides is 2. The Morgan fingerprint density at radius 1 is 1.00 bits per heavy atom. The summed E-state index contributed by atoms with van der Waals surface area (Å²) in [7, 11) is 0. The molecule has 4 nitrogen and oxygen atoms in total. The Morgan fingerprint density at radius 2 is 1.64 bits per heavy atom. The van der Waals surface area contributed by atoms with Crippen molar-refractivity contribution in [3.05, 3.63) is 71.8 Å². The molecule has 0 spiro atoms. The van der Waals surface area contributed by atoms with Gasteiger partial charge in [-0.1, -0.05) is 60.7 Å². The van der Waals surface area contributed by atoms with E-state index in [9.17, 15) is 9.59 Å². The van der Waals surface area contributed by atoms with Crippen molar-refractivity contribution in [3.63, 3.8) is 0 Å². The first kappa shape index (κ1) is 17.2. The first-order chi connectivity index (χ1) is 12.2. The van der Waals surface area contributed by atoms with Crippen LogP contribution in [0, 0.1) is 5.92 Å². The Labute approximate surface area is 148 Å². The highest BCUT2D eigenvalue weighted by Crippen LogP contribution is 2.17. The largest absolute Gasteiger partial charge is 0.355 e. The van der Waals surface area contributed by atoms with E-state index in [-0.39, 0.29) is 17.7 Å². The molecule has 0 aliphatic carbocycles. The van der Waals surface area contributed by atoms with Crippen LogP contribution in [0.3, 0.4) is 0 Å². The lowest BCUT2D eigenvalue weighted by atomic mass is 10.1. The highest BCUT2D eigenvalue weighted by molar-refractivity contribution is 5.80. The molecule has 1 aliphatic heterocycles. The van der Waals surface area contributed by atoms with E-state index in [1.807, 2.05) is 53.4 Å². The number of nitrogens with one attached hydrogen (secondary N) is 1. The van der Waals surface area contributed by atoms with Crippen molar-refractivity contribution in [1.29, 1.82) is 0 Å². The minimum atomic E-state index is 0.0152. The molecule has 0 aromatic heterocycles. The lowest BCUT2D eigenvalue weighted by Crippen LogP contribution is -2.32. The number of likely N-dealkylation sites (tertiary alicyclic amines) is 1. The summed E-state index contributed by atoms with van der Waals surface area (Å²) in [5, 5.41) is 2.97. The first-order valence-electron chi connectivity index (χ1n) is 8.83. The van der Waals surface area contributed by atoms with Crippen LogP contribution in [0.5, 0.6) is 0 Å². The number of hydrogen-bond donors (Lipinski definition) is 1. The number of benzene rings is 2. The summed E-state index contributed by atoms with van der Waals surface area (Å²) < 4.78 is 0. The van der Waals surface area contributed by atoms with Crippen molar-refractivity contribution in [3.8, 4) is 0 Å². The predicted octanol–water partition coefficient (Wildman–Crippen LogP) is 2.44. The molecule has 130 valence electrons.